The van der Waals surface area contributed by atoms with Gasteiger partial charge >= 0.3 is 0 Å². The summed E-state index contributed by atoms with van der Waals surface area (Å²) < 4.78 is 5.88. The van der Waals surface area contributed by atoms with Gasteiger partial charge in [0.1, 0.15) is 5.75 Å². The fourth-order valence-corrected chi connectivity index (χ4v) is 1.54. The van der Waals surface area contributed by atoms with Gasteiger partial charge in [-0.05, 0) is 39.7 Å². The van der Waals surface area contributed by atoms with E-state index in [0.717, 1.165) is 15.8 Å². The van der Waals surface area contributed by atoms with E-state index in [2.05, 4.69) is 15.9 Å². The van der Waals surface area contributed by atoms with Gasteiger partial charge in [-0.15, -0.1) is 0 Å². The molecule has 0 unspecified atom stereocenters. The van der Waals surface area contributed by atoms with Crippen molar-refractivity contribution in [1.82, 2.24) is 0 Å². The summed E-state index contributed by atoms with van der Waals surface area (Å²) in [6, 6.07) is 7.28. The second kappa shape index (κ2) is 4.68. The first-order valence-corrected chi connectivity index (χ1v) is 4.67. The van der Waals surface area contributed by atoms with Crippen molar-refractivity contribution in [3.05, 3.63) is 34.3 Å². The van der Waals surface area contributed by atoms with E-state index >= 15 is 0 Å². The molecule has 0 aliphatic rings. The topological polar surface area (TPSA) is 59.0 Å². The lowest BCUT2D eigenvalue weighted by atomic mass is 10.1. The molecule has 1 rings (SSSR count). The van der Waals surface area contributed by atoms with E-state index in [-0.39, 0.29) is 0 Å². The van der Waals surface area contributed by atoms with E-state index in [0.29, 0.717) is 5.70 Å². The Bertz CT molecular complexity index is 407. The Balaban J connectivity index is 3.10. The number of nitriles is 1. The SMILES string of the molecule is COc1ccc(/C(N)=C/C#N)cc1Br. The van der Waals surface area contributed by atoms with E-state index in [1.165, 1.54) is 6.08 Å². The van der Waals surface area contributed by atoms with Crippen LogP contribution in [0, 0.1) is 11.3 Å². The molecule has 0 amide bonds. The van der Waals surface area contributed by atoms with Gasteiger partial charge in [-0.2, -0.15) is 5.26 Å². The highest BCUT2D eigenvalue weighted by molar-refractivity contribution is 9.10. The fourth-order valence-electron chi connectivity index (χ4n) is 0.999. The van der Waals surface area contributed by atoms with Gasteiger partial charge < -0.3 is 10.5 Å². The number of allylic oxidation sites excluding steroid dienone is 1. The lowest BCUT2D eigenvalue weighted by Gasteiger charge is -2.05. The molecule has 0 bridgehead atoms. The summed E-state index contributed by atoms with van der Waals surface area (Å²) in [4.78, 5) is 0. The van der Waals surface area contributed by atoms with E-state index in [4.69, 9.17) is 15.7 Å². The van der Waals surface area contributed by atoms with E-state index in [1.54, 1.807) is 19.2 Å². The van der Waals surface area contributed by atoms with Gasteiger partial charge in [0.25, 0.3) is 0 Å². The lowest BCUT2D eigenvalue weighted by Crippen LogP contribution is -1.96. The summed E-state index contributed by atoms with van der Waals surface area (Å²) in [7, 11) is 1.59. The molecular weight excluding hydrogens is 244 g/mol. The number of halogens is 1. The molecule has 2 N–H and O–H groups in total. The molecule has 4 heteroatoms. The first-order chi connectivity index (χ1) is 6.69. The Hall–Kier alpha value is -1.47. The number of methoxy groups -OCH3 is 1. The van der Waals surface area contributed by atoms with Crippen LogP contribution in [0.25, 0.3) is 5.70 Å². The average molecular weight is 253 g/mol. The van der Waals surface area contributed by atoms with Crippen molar-refractivity contribution in [2.75, 3.05) is 7.11 Å². The number of nitrogens with zero attached hydrogens (tertiary/aromatic N) is 1. The van der Waals surface area contributed by atoms with Crippen LogP contribution in [-0.2, 0) is 0 Å². The summed E-state index contributed by atoms with van der Waals surface area (Å²) in [5.41, 5.74) is 6.87. The molecule has 0 atom stereocenters. The van der Waals surface area contributed by atoms with Gasteiger partial charge in [0, 0.05) is 11.8 Å². The maximum Gasteiger partial charge on any atom is 0.133 e. The molecule has 0 saturated heterocycles. The van der Waals surface area contributed by atoms with Crippen LogP contribution in [0.4, 0.5) is 0 Å². The predicted octanol–water partition coefficient (Wildman–Crippen LogP) is 2.28. The summed E-state index contributed by atoms with van der Waals surface area (Å²) in [5.74, 6) is 0.735. The van der Waals surface area contributed by atoms with Crippen LogP contribution in [0.15, 0.2) is 28.7 Å². The van der Waals surface area contributed by atoms with Crippen molar-refractivity contribution in [3.63, 3.8) is 0 Å². The van der Waals surface area contributed by atoms with Crippen molar-refractivity contribution in [1.29, 1.82) is 5.26 Å². The van der Waals surface area contributed by atoms with Crippen molar-refractivity contribution < 1.29 is 4.74 Å². The molecule has 3 nitrogen and oxygen atoms in total. The van der Waals surface area contributed by atoms with Gasteiger partial charge in [0.15, 0.2) is 0 Å². The molecule has 72 valence electrons. The number of benzene rings is 1. The van der Waals surface area contributed by atoms with Gasteiger partial charge in [-0.3, -0.25) is 0 Å². The number of ether oxygens (including phenoxy) is 1. The summed E-state index contributed by atoms with van der Waals surface area (Å²) >= 11 is 3.34. The largest absolute Gasteiger partial charge is 0.496 e. The molecule has 0 heterocycles. The minimum atomic E-state index is 0.441. The highest BCUT2D eigenvalue weighted by Crippen LogP contribution is 2.27. The molecule has 0 saturated carbocycles. The molecule has 0 radical (unpaired) electrons. The van der Waals surface area contributed by atoms with Crippen LogP contribution in [0.2, 0.25) is 0 Å². The maximum absolute atomic E-state index is 8.43. The van der Waals surface area contributed by atoms with Crippen LogP contribution >= 0.6 is 15.9 Å². The van der Waals surface area contributed by atoms with E-state index in [9.17, 15) is 0 Å². The second-order valence-corrected chi connectivity index (χ2v) is 3.43. The Morgan fingerprint density at radius 3 is 2.86 bits per heavy atom. The normalized spacial score (nSPS) is 10.8. The molecule has 0 aliphatic carbocycles. The number of hydrogen-bond acceptors (Lipinski definition) is 3. The molecule has 1 aromatic rings. The lowest BCUT2D eigenvalue weighted by molar-refractivity contribution is 0.412. The minimum absolute atomic E-state index is 0.441. The van der Waals surface area contributed by atoms with Crippen LogP contribution in [-0.4, -0.2) is 7.11 Å². The number of hydrogen-bond donors (Lipinski definition) is 1. The van der Waals surface area contributed by atoms with Gasteiger partial charge in [0.05, 0.1) is 17.7 Å². The average Bonchev–Trinajstić information content (AvgIpc) is 2.18. The molecular formula is C10H9BrN2O. The number of nitrogens with two attached hydrogens (primary N) is 1. The standard InChI is InChI=1S/C10H9BrN2O/c1-14-10-3-2-7(6-8(10)11)9(13)4-5-12/h2-4,6H,13H2,1H3/b9-4-. The third kappa shape index (κ3) is 2.27. The molecule has 14 heavy (non-hydrogen) atoms. The Kier molecular flexibility index (Phi) is 3.55. The number of rotatable bonds is 2. The quantitative estimate of drug-likeness (QED) is 0.822. The summed E-state index contributed by atoms with van der Waals surface area (Å²) in [6.45, 7) is 0. The van der Waals surface area contributed by atoms with Crippen molar-refractivity contribution in [2.24, 2.45) is 5.73 Å². The highest BCUT2D eigenvalue weighted by Gasteiger charge is 2.02. The summed E-state index contributed by atoms with van der Waals surface area (Å²) in [6.07, 6.45) is 1.30. The van der Waals surface area contributed by atoms with Crippen molar-refractivity contribution >= 4 is 21.6 Å². The molecule has 0 aliphatic heterocycles. The fraction of sp³-hybridized carbons (Fsp3) is 0.100. The van der Waals surface area contributed by atoms with Crippen LogP contribution < -0.4 is 10.5 Å². The Labute approximate surface area is 90.9 Å². The van der Waals surface area contributed by atoms with E-state index in [1.807, 2.05) is 12.1 Å². The molecule has 0 spiro atoms. The zero-order valence-electron chi connectivity index (χ0n) is 7.62. The van der Waals surface area contributed by atoms with Crippen LogP contribution in [0.5, 0.6) is 5.75 Å². The third-order valence-electron chi connectivity index (χ3n) is 1.71. The van der Waals surface area contributed by atoms with Gasteiger partial charge in [0.2, 0.25) is 0 Å². The molecule has 1 aromatic carbocycles. The highest BCUT2D eigenvalue weighted by atomic mass is 79.9. The third-order valence-corrected chi connectivity index (χ3v) is 2.32. The monoisotopic (exact) mass is 252 g/mol. The van der Waals surface area contributed by atoms with Crippen LogP contribution in [0.1, 0.15) is 5.56 Å². The Morgan fingerprint density at radius 2 is 2.36 bits per heavy atom. The Morgan fingerprint density at radius 1 is 1.64 bits per heavy atom. The second-order valence-electron chi connectivity index (χ2n) is 2.58. The van der Waals surface area contributed by atoms with Gasteiger partial charge in [-0.1, -0.05) is 0 Å². The van der Waals surface area contributed by atoms with Crippen molar-refractivity contribution in [2.45, 2.75) is 0 Å². The van der Waals surface area contributed by atoms with Gasteiger partial charge in [-0.25, -0.2) is 0 Å². The van der Waals surface area contributed by atoms with Crippen LogP contribution in [0.3, 0.4) is 0 Å². The zero-order valence-corrected chi connectivity index (χ0v) is 9.21. The zero-order chi connectivity index (χ0) is 10.6. The predicted molar refractivity (Wildman–Crippen MR) is 58.5 cm³/mol. The minimum Gasteiger partial charge on any atom is -0.496 e. The maximum atomic E-state index is 8.43. The van der Waals surface area contributed by atoms with Crippen molar-refractivity contribution in [3.8, 4) is 11.8 Å². The summed E-state index contributed by atoms with van der Waals surface area (Å²) in [5, 5.41) is 8.43. The first kappa shape index (κ1) is 10.6. The molecule has 0 fully saturated rings. The van der Waals surface area contributed by atoms with E-state index < -0.39 is 0 Å². The molecule has 0 aromatic heterocycles. The first-order valence-electron chi connectivity index (χ1n) is 3.88. The smallest absolute Gasteiger partial charge is 0.133 e.